The molecule has 2 atom stereocenters. The monoisotopic (exact) mass is 265 g/mol. The summed E-state index contributed by atoms with van der Waals surface area (Å²) in [5.74, 6) is 1.77. The van der Waals surface area contributed by atoms with Crippen molar-refractivity contribution in [3.8, 4) is 0 Å². The summed E-state index contributed by atoms with van der Waals surface area (Å²) in [5.41, 5.74) is 1.01. The molecule has 1 fully saturated rings. The molecule has 0 spiro atoms. The standard InChI is InChI=1S/C15H27N3O/c1-4-7-16-10-14-9-15(19-17-14)11-18-8-5-6-12(2)13(18)3/h9,12-13,16H,4-8,10-11H2,1-3H3. The third-order valence-electron chi connectivity index (χ3n) is 4.20. The van der Waals surface area contributed by atoms with Gasteiger partial charge in [0.05, 0.1) is 12.2 Å². The van der Waals surface area contributed by atoms with Crippen LogP contribution in [0.4, 0.5) is 0 Å². The Bertz CT molecular complexity index is 377. The van der Waals surface area contributed by atoms with Gasteiger partial charge in [-0.1, -0.05) is 19.0 Å². The van der Waals surface area contributed by atoms with Crippen LogP contribution < -0.4 is 5.32 Å². The molecule has 1 N–H and O–H groups in total. The van der Waals surface area contributed by atoms with E-state index in [0.717, 1.165) is 43.4 Å². The minimum absolute atomic E-state index is 0.639. The summed E-state index contributed by atoms with van der Waals surface area (Å²) in [6, 6.07) is 2.73. The Morgan fingerprint density at radius 2 is 2.32 bits per heavy atom. The van der Waals surface area contributed by atoms with E-state index in [1.54, 1.807) is 0 Å². The number of piperidine rings is 1. The number of nitrogens with zero attached hydrogens (tertiary/aromatic N) is 2. The molecule has 0 aliphatic carbocycles. The van der Waals surface area contributed by atoms with E-state index in [-0.39, 0.29) is 0 Å². The number of aromatic nitrogens is 1. The van der Waals surface area contributed by atoms with Crippen LogP contribution in [0.5, 0.6) is 0 Å². The second-order valence-electron chi connectivity index (χ2n) is 5.79. The summed E-state index contributed by atoms with van der Waals surface area (Å²) in [4.78, 5) is 2.51. The van der Waals surface area contributed by atoms with Gasteiger partial charge < -0.3 is 9.84 Å². The molecule has 4 heteroatoms. The van der Waals surface area contributed by atoms with Crippen molar-refractivity contribution in [1.29, 1.82) is 0 Å². The van der Waals surface area contributed by atoms with Gasteiger partial charge in [0.25, 0.3) is 0 Å². The van der Waals surface area contributed by atoms with Crippen LogP contribution in [0.3, 0.4) is 0 Å². The quantitative estimate of drug-likeness (QED) is 0.803. The summed E-state index contributed by atoms with van der Waals surface area (Å²) < 4.78 is 5.45. The van der Waals surface area contributed by atoms with E-state index in [2.05, 4.69) is 42.2 Å². The predicted octanol–water partition coefficient (Wildman–Crippen LogP) is 2.79. The van der Waals surface area contributed by atoms with Crippen LogP contribution in [-0.2, 0) is 13.1 Å². The maximum Gasteiger partial charge on any atom is 0.151 e. The van der Waals surface area contributed by atoms with Crippen molar-refractivity contribution in [2.45, 2.75) is 59.2 Å². The zero-order valence-electron chi connectivity index (χ0n) is 12.5. The van der Waals surface area contributed by atoms with Crippen molar-refractivity contribution in [1.82, 2.24) is 15.4 Å². The van der Waals surface area contributed by atoms with E-state index in [4.69, 9.17) is 4.52 Å². The Morgan fingerprint density at radius 3 is 3.11 bits per heavy atom. The van der Waals surface area contributed by atoms with Gasteiger partial charge in [0.2, 0.25) is 0 Å². The highest BCUT2D eigenvalue weighted by Crippen LogP contribution is 2.24. The Labute approximate surface area is 116 Å². The largest absolute Gasteiger partial charge is 0.360 e. The number of nitrogens with one attached hydrogen (secondary N) is 1. The molecule has 2 rings (SSSR count). The molecule has 0 amide bonds. The second-order valence-corrected chi connectivity index (χ2v) is 5.79. The Kier molecular flexibility index (Phi) is 5.40. The van der Waals surface area contributed by atoms with Crippen LogP contribution in [0.15, 0.2) is 10.6 Å². The van der Waals surface area contributed by atoms with Crippen molar-refractivity contribution in [2.75, 3.05) is 13.1 Å². The lowest BCUT2D eigenvalue weighted by molar-refractivity contribution is 0.0959. The van der Waals surface area contributed by atoms with Gasteiger partial charge in [0.15, 0.2) is 5.76 Å². The normalized spacial score (nSPS) is 24.8. The molecule has 0 saturated carbocycles. The van der Waals surface area contributed by atoms with Gasteiger partial charge in [-0.2, -0.15) is 0 Å². The second kappa shape index (κ2) is 7.06. The Hall–Kier alpha value is -0.870. The molecule has 0 aromatic carbocycles. The molecule has 0 bridgehead atoms. The molecule has 1 aromatic rings. The molecule has 1 aliphatic rings. The Morgan fingerprint density at radius 1 is 1.47 bits per heavy atom. The highest BCUT2D eigenvalue weighted by molar-refractivity contribution is 5.05. The third-order valence-corrected chi connectivity index (χ3v) is 4.20. The lowest BCUT2D eigenvalue weighted by Gasteiger charge is -2.37. The molecule has 4 nitrogen and oxygen atoms in total. The molecule has 0 radical (unpaired) electrons. The minimum Gasteiger partial charge on any atom is -0.360 e. The fourth-order valence-corrected chi connectivity index (χ4v) is 2.75. The fraction of sp³-hybridized carbons (Fsp3) is 0.800. The average Bonchev–Trinajstić information content (AvgIpc) is 2.83. The van der Waals surface area contributed by atoms with E-state index < -0.39 is 0 Å². The third kappa shape index (κ3) is 4.05. The number of hydrogen-bond donors (Lipinski definition) is 1. The molecule has 19 heavy (non-hydrogen) atoms. The molecule has 1 saturated heterocycles. The van der Waals surface area contributed by atoms with Gasteiger partial charge in [-0.15, -0.1) is 0 Å². The zero-order valence-corrected chi connectivity index (χ0v) is 12.5. The van der Waals surface area contributed by atoms with Crippen LogP contribution in [0, 0.1) is 5.92 Å². The first-order chi connectivity index (χ1) is 9.20. The van der Waals surface area contributed by atoms with Crippen molar-refractivity contribution in [3.63, 3.8) is 0 Å². The molecular weight excluding hydrogens is 238 g/mol. The van der Waals surface area contributed by atoms with Crippen LogP contribution >= 0.6 is 0 Å². The summed E-state index contributed by atoms with van der Waals surface area (Å²) in [5, 5.41) is 7.48. The zero-order chi connectivity index (χ0) is 13.7. The summed E-state index contributed by atoms with van der Waals surface area (Å²) in [6.45, 7) is 10.7. The first-order valence-corrected chi connectivity index (χ1v) is 7.60. The molecular formula is C15H27N3O. The lowest BCUT2D eigenvalue weighted by Crippen LogP contribution is -2.41. The number of hydrogen-bond acceptors (Lipinski definition) is 4. The van der Waals surface area contributed by atoms with Gasteiger partial charge in [-0.3, -0.25) is 4.90 Å². The van der Waals surface area contributed by atoms with E-state index in [1.165, 1.54) is 19.4 Å². The highest BCUT2D eigenvalue weighted by Gasteiger charge is 2.25. The SMILES string of the molecule is CCCNCc1cc(CN2CCCC(C)C2C)on1. The highest BCUT2D eigenvalue weighted by atomic mass is 16.5. The Balaban J connectivity index is 1.85. The maximum absolute atomic E-state index is 5.45. The van der Waals surface area contributed by atoms with Crippen molar-refractivity contribution < 1.29 is 4.52 Å². The van der Waals surface area contributed by atoms with Gasteiger partial charge in [0, 0.05) is 18.7 Å². The van der Waals surface area contributed by atoms with E-state index >= 15 is 0 Å². The van der Waals surface area contributed by atoms with Gasteiger partial charge >= 0.3 is 0 Å². The molecule has 2 heterocycles. The smallest absolute Gasteiger partial charge is 0.151 e. The predicted molar refractivity (Wildman–Crippen MR) is 76.8 cm³/mol. The number of likely N-dealkylation sites (tertiary alicyclic amines) is 1. The molecule has 1 aliphatic heterocycles. The minimum atomic E-state index is 0.639. The first-order valence-electron chi connectivity index (χ1n) is 7.60. The topological polar surface area (TPSA) is 41.3 Å². The molecule has 2 unspecified atom stereocenters. The van der Waals surface area contributed by atoms with Crippen LogP contribution in [0.2, 0.25) is 0 Å². The average molecular weight is 265 g/mol. The maximum atomic E-state index is 5.45. The van der Waals surface area contributed by atoms with Gasteiger partial charge in [-0.05, 0) is 45.2 Å². The van der Waals surface area contributed by atoms with Crippen LogP contribution in [-0.4, -0.2) is 29.2 Å². The van der Waals surface area contributed by atoms with Gasteiger partial charge in [-0.25, -0.2) is 0 Å². The first kappa shape index (κ1) is 14.5. The van der Waals surface area contributed by atoms with Crippen molar-refractivity contribution >= 4 is 0 Å². The van der Waals surface area contributed by atoms with Crippen molar-refractivity contribution in [2.24, 2.45) is 5.92 Å². The summed E-state index contributed by atoms with van der Waals surface area (Å²) in [7, 11) is 0. The molecule has 1 aromatic heterocycles. The lowest BCUT2D eigenvalue weighted by atomic mass is 9.92. The fourth-order valence-electron chi connectivity index (χ4n) is 2.75. The van der Waals surface area contributed by atoms with Crippen LogP contribution in [0.1, 0.15) is 51.5 Å². The van der Waals surface area contributed by atoms with E-state index in [1.807, 2.05) is 0 Å². The number of rotatable bonds is 6. The summed E-state index contributed by atoms with van der Waals surface area (Å²) in [6.07, 6.45) is 3.79. The van der Waals surface area contributed by atoms with Crippen molar-refractivity contribution in [3.05, 3.63) is 17.5 Å². The van der Waals surface area contributed by atoms with Crippen LogP contribution in [0.25, 0.3) is 0 Å². The van der Waals surface area contributed by atoms with Gasteiger partial charge in [0.1, 0.15) is 0 Å². The van der Waals surface area contributed by atoms with E-state index in [0.29, 0.717) is 6.04 Å². The van der Waals surface area contributed by atoms with E-state index in [9.17, 15) is 0 Å². The summed E-state index contributed by atoms with van der Waals surface area (Å²) >= 11 is 0. The molecule has 108 valence electrons.